The summed E-state index contributed by atoms with van der Waals surface area (Å²) in [6.45, 7) is 4.11. The van der Waals surface area contributed by atoms with Crippen LogP contribution in [0.1, 0.15) is 56.6 Å². The first-order chi connectivity index (χ1) is 15.3. The number of alkyl halides is 3. The van der Waals surface area contributed by atoms with Gasteiger partial charge in [0.2, 0.25) is 15.9 Å². The second-order valence-electron chi connectivity index (χ2n) is 8.76. The molecule has 0 unspecified atom stereocenters. The number of sulfonamides is 1. The van der Waals surface area contributed by atoms with Crippen molar-refractivity contribution in [2.45, 2.75) is 68.6 Å². The van der Waals surface area contributed by atoms with Crippen LogP contribution in [0.25, 0.3) is 0 Å². The van der Waals surface area contributed by atoms with Crippen molar-refractivity contribution in [1.29, 1.82) is 0 Å². The molecule has 1 aromatic carbocycles. The maximum absolute atomic E-state index is 13.6. The number of hydrogen-bond acceptors (Lipinski definition) is 4. The number of amides is 2. The lowest BCUT2D eigenvalue weighted by atomic mass is 10.0. The van der Waals surface area contributed by atoms with E-state index in [9.17, 15) is 36.3 Å². The number of likely N-dealkylation sites (tertiary alicyclic amines) is 2. The number of rotatable bonds is 5. The summed E-state index contributed by atoms with van der Waals surface area (Å²) in [6, 6.07) is 1.86. The molecule has 3 rings (SSSR count). The summed E-state index contributed by atoms with van der Waals surface area (Å²) in [7, 11) is -4.45. The van der Waals surface area contributed by atoms with Crippen LogP contribution in [-0.2, 0) is 21.0 Å². The summed E-state index contributed by atoms with van der Waals surface area (Å²) < 4.78 is 68.8. The lowest BCUT2D eigenvalue weighted by Crippen LogP contribution is -2.52. The number of piperidine rings is 1. The van der Waals surface area contributed by atoms with E-state index >= 15 is 0 Å². The Balaban J connectivity index is 1.69. The second-order valence-corrected chi connectivity index (χ2v) is 10.4. The highest BCUT2D eigenvalue weighted by Crippen LogP contribution is 2.36. The molecule has 0 aliphatic carbocycles. The lowest BCUT2D eigenvalue weighted by Gasteiger charge is -2.35. The summed E-state index contributed by atoms with van der Waals surface area (Å²) in [6.07, 6.45) is -4.52. The molecule has 2 aliphatic heterocycles. The van der Waals surface area contributed by atoms with E-state index in [2.05, 4.69) is 4.72 Å². The van der Waals surface area contributed by atoms with E-state index in [1.165, 1.54) is 11.0 Å². The maximum Gasteiger partial charge on any atom is 0.417 e. The standard InChI is InChI=1S/C21H28F3N3O5S/c1-13(2)14-5-6-18(16(12-14)21(22,23)24)33(31,32)25-15-7-10-26(11-8-15)19(28)17-4-3-9-27(17)20(29)30/h5-6,12-13,15,17,25H,3-4,7-11H2,1-2H3,(H,29,30)/t17-/m0/s1. The zero-order chi connectivity index (χ0) is 24.6. The first-order valence-corrected chi connectivity index (χ1v) is 12.3. The first-order valence-electron chi connectivity index (χ1n) is 10.8. The third-order valence-corrected chi connectivity index (χ3v) is 7.76. The van der Waals surface area contributed by atoms with Crippen LogP contribution in [0.3, 0.4) is 0 Å². The molecule has 2 heterocycles. The van der Waals surface area contributed by atoms with E-state index < -0.39 is 44.8 Å². The van der Waals surface area contributed by atoms with Crippen molar-refractivity contribution >= 4 is 22.0 Å². The Bertz CT molecular complexity index is 1000. The highest BCUT2D eigenvalue weighted by molar-refractivity contribution is 7.89. The van der Waals surface area contributed by atoms with Crippen LogP contribution in [0.4, 0.5) is 18.0 Å². The van der Waals surface area contributed by atoms with Gasteiger partial charge in [0.15, 0.2) is 0 Å². The molecule has 0 aromatic heterocycles. The molecule has 1 aromatic rings. The minimum Gasteiger partial charge on any atom is -0.465 e. The molecule has 2 amide bonds. The Hall–Kier alpha value is -2.34. The molecule has 2 N–H and O–H groups in total. The molecule has 12 heteroatoms. The summed E-state index contributed by atoms with van der Waals surface area (Å²) in [4.78, 5) is 25.8. The zero-order valence-electron chi connectivity index (χ0n) is 18.4. The molecule has 8 nitrogen and oxygen atoms in total. The molecule has 0 radical (unpaired) electrons. The molecule has 0 saturated carbocycles. The van der Waals surface area contributed by atoms with Gasteiger partial charge in [-0.25, -0.2) is 17.9 Å². The maximum atomic E-state index is 13.6. The molecule has 0 spiro atoms. The fourth-order valence-electron chi connectivity index (χ4n) is 4.33. The van der Waals surface area contributed by atoms with Gasteiger partial charge in [-0.2, -0.15) is 13.2 Å². The number of carbonyl (C=O) groups is 2. The van der Waals surface area contributed by atoms with Gasteiger partial charge < -0.3 is 10.0 Å². The van der Waals surface area contributed by atoms with Gasteiger partial charge in [-0.15, -0.1) is 0 Å². The van der Waals surface area contributed by atoms with Crippen molar-refractivity contribution in [3.8, 4) is 0 Å². The summed E-state index contributed by atoms with van der Waals surface area (Å²) >= 11 is 0. The van der Waals surface area contributed by atoms with Crippen LogP contribution in [0.15, 0.2) is 23.1 Å². The van der Waals surface area contributed by atoms with Crippen LogP contribution in [0.5, 0.6) is 0 Å². The van der Waals surface area contributed by atoms with Crippen LogP contribution in [-0.4, -0.2) is 67.0 Å². The highest BCUT2D eigenvalue weighted by atomic mass is 32.2. The number of hydrogen-bond donors (Lipinski definition) is 2. The van der Waals surface area contributed by atoms with Gasteiger partial charge in [-0.3, -0.25) is 9.69 Å². The predicted molar refractivity (Wildman–Crippen MR) is 113 cm³/mol. The molecule has 33 heavy (non-hydrogen) atoms. The Morgan fingerprint density at radius 3 is 2.30 bits per heavy atom. The van der Waals surface area contributed by atoms with Crippen LogP contribution in [0, 0.1) is 0 Å². The van der Waals surface area contributed by atoms with E-state index in [-0.39, 0.29) is 37.8 Å². The number of nitrogens with zero attached hydrogens (tertiary/aromatic N) is 2. The van der Waals surface area contributed by atoms with E-state index in [0.717, 1.165) is 17.0 Å². The SMILES string of the molecule is CC(C)c1ccc(S(=O)(=O)NC2CCN(C(=O)[C@@H]3CCCN3C(=O)O)CC2)c(C(F)(F)F)c1. The smallest absolute Gasteiger partial charge is 0.417 e. The Kier molecular flexibility index (Phi) is 7.27. The van der Waals surface area contributed by atoms with Crippen LogP contribution >= 0.6 is 0 Å². The lowest BCUT2D eigenvalue weighted by molar-refractivity contribution is -0.140. The largest absolute Gasteiger partial charge is 0.465 e. The Morgan fingerprint density at radius 1 is 1.12 bits per heavy atom. The molecule has 1 atom stereocenters. The number of nitrogens with one attached hydrogen (secondary N) is 1. The quantitative estimate of drug-likeness (QED) is 0.658. The zero-order valence-corrected chi connectivity index (χ0v) is 19.2. The van der Waals surface area contributed by atoms with Crippen LogP contribution in [0.2, 0.25) is 0 Å². The predicted octanol–water partition coefficient (Wildman–Crippen LogP) is 3.24. The Morgan fingerprint density at radius 2 is 1.76 bits per heavy atom. The van der Waals surface area contributed by atoms with Gasteiger partial charge in [0.25, 0.3) is 0 Å². The van der Waals surface area contributed by atoms with E-state index in [1.54, 1.807) is 13.8 Å². The average Bonchev–Trinajstić information content (AvgIpc) is 3.22. The fourth-order valence-corrected chi connectivity index (χ4v) is 5.84. The normalized spacial score (nSPS) is 20.5. The van der Waals surface area contributed by atoms with Gasteiger partial charge in [0.05, 0.1) is 10.5 Å². The topological polar surface area (TPSA) is 107 Å². The minimum absolute atomic E-state index is 0.189. The van der Waals surface area contributed by atoms with Crippen molar-refractivity contribution in [3.05, 3.63) is 29.3 Å². The summed E-state index contributed by atoms with van der Waals surface area (Å²) in [5, 5.41) is 9.23. The van der Waals surface area contributed by atoms with Gasteiger partial charge in [-0.05, 0) is 49.3 Å². The van der Waals surface area contributed by atoms with E-state index in [1.807, 2.05) is 0 Å². The van der Waals surface area contributed by atoms with Crippen molar-refractivity contribution in [1.82, 2.24) is 14.5 Å². The van der Waals surface area contributed by atoms with Crippen molar-refractivity contribution < 1.29 is 36.3 Å². The highest BCUT2D eigenvalue weighted by Gasteiger charge is 2.40. The molecule has 2 saturated heterocycles. The van der Waals surface area contributed by atoms with Gasteiger partial charge in [0.1, 0.15) is 6.04 Å². The number of benzene rings is 1. The van der Waals surface area contributed by atoms with Gasteiger partial charge >= 0.3 is 12.3 Å². The van der Waals surface area contributed by atoms with Gasteiger partial charge in [0, 0.05) is 25.7 Å². The number of carbonyl (C=O) groups excluding carboxylic acids is 1. The minimum atomic E-state index is -4.83. The van der Waals surface area contributed by atoms with Crippen molar-refractivity contribution in [3.63, 3.8) is 0 Å². The van der Waals surface area contributed by atoms with Gasteiger partial charge in [-0.1, -0.05) is 19.9 Å². The summed E-state index contributed by atoms with van der Waals surface area (Å²) in [5.41, 5.74) is -0.820. The molecule has 2 fully saturated rings. The van der Waals surface area contributed by atoms with Crippen molar-refractivity contribution in [2.75, 3.05) is 19.6 Å². The number of halogens is 3. The summed E-state index contributed by atoms with van der Waals surface area (Å²) in [5.74, 6) is -0.519. The molecule has 0 bridgehead atoms. The fraction of sp³-hybridized carbons (Fsp3) is 0.619. The first kappa shape index (κ1) is 25.3. The molecular weight excluding hydrogens is 463 g/mol. The Labute approximate surface area is 190 Å². The van der Waals surface area contributed by atoms with E-state index in [4.69, 9.17) is 0 Å². The third-order valence-electron chi connectivity index (χ3n) is 6.18. The van der Waals surface area contributed by atoms with Crippen molar-refractivity contribution in [2.24, 2.45) is 0 Å². The number of carboxylic acid groups (broad SMARTS) is 1. The van der Waals surface area contributed by atoms with E-state index in [0.29, 0.717) is 24.9 Å². The molecule has 184 valence electrons. The molecule has 2 aliphatic rings. The average molecular weight is 492 g/mol. The van der Waals surface area contributed by atoms with Crippen LogP contribution < -0.4 is 4.72 Å². The monoisotopic (exact) mass is 491 g/mol. The third kappa shape index (κ3) is 5.60. The molecular formula is C21H28F3N3O5S. The second kappa shape index (κ2) is 9.49.